The van der Waals surface area contributed by atoms with Crippen molar-refractivity contribution in [3.05, 3.63) is 59.7 Å². The molecule has 3 N–H and O–H groups in total. The Morgan fingerprint density at radius 1 is 1.03 bits per heavy atom. The highest BCUT2D eigenvalue weighted by Gasteiger charge is 2.31. The summed E-state index contributed by atoms with van der Waals surface area (Å²) < 4.78 is 5.55. The summed E-state index contributed by atoms with van der Waals surface area (Å²) in [7, 11) is 0. The second-order valence-electron chi connectivity index (χ2n) is 9.02. The number of amides is 2. The van der Waals surface area contributed by atoms with Crippen LogP contribution in [0.2, 0.25) is 0 Å². The Hall–Kier alpha value is -3.35. The quantitative estimate of drug-likeness (QED) is 0.563. The summed E-state index contributed by atoms with van der Waals surface area (Å²) in [5.41, 5.74) is 4.68. The molecule has 1 saturated carbocycles. The van der Waals surface area contributed by atoms with Crippen LogP contribution in [0.4, 0.5) is 4.79 Å². The number of rotatable bonds is 8. The number of alkyl carbamates (subject to hydrolysis) is 1. The van der Waals surface area contributed by atoms with Crippen molar-refractivity contribution in [1.29, 1.82) is 0 Å². The number of fused-ring (bicyclic) bond motifs is 3. The van der Waals surface area contributed by atoms with Gasteiger partial charge in [-0.1, -0.05) is 48.5 Å². The van der Waals surface area contributed by atoms with Crippen LogP contribution >= 0.6 is 0 Å². The summed E-state index contributed by atoms with van der Waals surface area (Å²) in [6, 6.07) is 16.1. The number of aliphatic carboxylic acids is 1. The van der Waals surface area contributed by atoms with Crippen LogP contribution in [0.3, 0.4) is 0 Å². The summed E-state index contributed by atoms with van der Waals surface area (Å²) in [6.45, 7) is 2.09. The van der Waals surface area contributed by atoms with Crippen molar-refractivity contribution in [1.82, 2.24) is 10.6 Å². The topological polar surface area (TPSA) is 105 Å². The molecule has 0 aliphatic heterocycles. The van der Waals surface area contributed by atoms with Crippen molar-refractivity contribution in [3.8, 4) is 11.1 Å². The van der Waals surface area contributed by atoms with Crippen molar-refractivity contribution in [2.24, 2.45) is 5.92 Å². The molecule has 7 nitrogen and oxygen atoms in total. The zero-order valence-electron chi connectivity index (χ0n) is 18.8. The van der Waals surface area contributed by atoms with Crippen LogP contribution in [-0.4, -0.2) is 41.8 Å². The number of carbonyl (C=O) groups is 3. The first-order valence-corrected chi connectivity index (χ1v) is 11.6. The van der Waals surface area contributed by atoms with E-state index in [-0.39, 0.29) is 42.9 Å². The van der Waals surface area contributed by atoms with E-state index in [1.807, 2.05) is 31.2 Å². The molecule has 0 saturated heterocycles. The molecular formula is C26H30N2O5. The summed E-state index contributed by atoms with van der Waals surface area (Å²) in [6.07, 6.45) is 2.01. The molecule has 7 heteroatoms. The molecule has 4 rings (SSSR count). The van der Waals surface area contributed by atoms with Gasteiger partial charge >= 0.3 is 12.1 Å². The predicted molar refractivity (Wildman–Crippen MR) is 124 cm³/mol. The van der Waals surface area contributed by atoms with Gasteiger partial charge < -0.3 is 20.5 Å². The fraction of sp³-hybridized carbons (Fsp3) is 0.423. The number of carboxylic acid groups (broad SMARTS) is 1. The van der Waals surface area contributed by atoms with Crippen molar-refractivity contribution in [3.63, 3.8) is 0 Å². The highest BCUT2D eigenvalue weighted by molar-refractivity contribution is 5.79. The third-order valence-electron chi connectivity index (χ3n) is 6.66. The molecule has 3 unspecified atom stereocenters. The average Bonchev–Trinajstić information content (AvgIpc) is 3.39. The Labute approximate surface area is 193 Å². The minimum absolute atomic E-state index is 0.00488. The molecule has 0 aromatic heterocycles. The van der Waals surface area contributed by atoms with Gasteiger partial charge in [0.2, 0.25) is 5.91 Å². The third-order valence-corrected chi connectivity index (χ3v) is 6.66. The maximum Gasteiger partial charge on any atom is 0.407 e. The van der Waals surface area contributed by atoms with E-state index in [9.17, 15) is 14.4 Å². The number of ether oxygens (including phenoxy) is 1. The first-order valence-electron chi connectivity index (χ1n) is 11.6. The van der Waals surface area contributed by atoms with E-state index in [0.29, 0.717) is 25.7 Å². The van der Waals surface area contributed by atoms with Gasteiger partial charge in [0.1, 0.15) is 6.61 Å². The average molecular weight is 451 g/mol. The lowest BCUT2D eigenvalue weighted by Crippen LogP contribution is -2.37. The number of nitrogens with one attached hydrogen (secondary N) is 2. The highest BCUT2D eigenvalue weighted by Crippen LogP contribution is 2.44. The maximum atomic E-state index is 12.4. The molecular weight excluding hydrogens is 420 g/mol. The summed E-state index contributed by atoms with van der Waals surface area (Å²) >= 11 is 0. The van der Waals surface area contributed by atoms with E-state index in [1.54, 1.807) is 0 Å². The van der Waals surface area contributed by atoms with Crippen molar-refractivity contribution < 1.29 is 24.2 Å². The highest BCUT2D eigenvalue weighted by atomic mass is 16.5. The Bertz CT molecular complexity index is 991. The molecule has 1 fully saturated rings. The van der Waals surface area contributed by atoms with Gasteiger partial charge in [0.25, 0.3) is 0 Å². The molecule has 2 aliphatic carbocycles. The van der Waals surface area contributed by atoms with E-state index >= 15 is 0 Å². The number of carboxylic acids is 1. The Balaban J connectivity index is 1.21. The van der Waals surface area contributed by atoms with Crippen LogP contribution in [0, 0.1) is 5.92 Å². The Kier molecular flexibility index (Phi) is 6.96. The van der Waals surface area contributed by atoms with E-state index in [0.717, 1.165) is 11.1 Å². The van der Waals surface area contributed by atoms with Crippen molar-refractivity contribution in [2.45, 2.75) is 57.0 Å². The fourth-order valence-electron chi connectivity index (χ4n) is 4.90. The molecule has 0 spiro atoms. The number of hydrogen-bond acceptors (Lipinski definition) is 4. The Morgan fingerprint density at radius 2 is 1.67 bits per heavy atom. The van der Waals surface area contributed by atoms with Crippen LogP contribution < -0.4 is 10.6 Å². The third kappa shape index (κ3) is 5.35. The lowest BCUT2D eigenvalue weighted by Gasteiger charge is -2.18. The molecule has 3 atom stereocenters. The normalized spacial score (nSPS) is 19.9. The van der Waals surface area contributed by atoms with Gasteiger partial charge in [0, 0.05) is 24.4 Å². The van der Waals surface area contributed by atoms with Crippen LogP contribution in [0.1, 0.15) is 56.1 Å². The van der Waals surface area contributed by atoms with Gasteiger partial charge in [-0.15, -0.1) is 0 Å². The van der Waals surface area contributed by atoms with Crippen LogP contribution in [0.5, 0.6) is 0 Å². The van der Waals surface area contributed by atoms with Gasteiger partial charge in [-0.05, 0) is 54.9 Å². The standard InChI is InChI=1S/C26H30N2O5/c1-16(10-13-24(29)28-18-12-11-17(14-18)25(30)31)27-26(32)33-15-23-21-8-4-2-6-19(21)20-7-3-5-9-22(20)23/h2-9,16-18,23H,10-15H2,1H3,(H,27,32)(H,28,29)(H,30,31). The van der Waals surface area contributed by atoms with Crippen LogP contribution in [-0.2, 0) is 14.3 Å². The van der Waals surface area contributed by atoms with Gasteiger partial charge in [0.05, 0.1) is 5.92 Å². The molecule has 2 amide bonds. The molecule has 2 aliphatic rings. The number of hydrogen-bond donors (Lipinski definition) is 3. The van der Waals surface area contributed by atoms with Gasteiger partial charge in [-0.3, -0.25) is 9.59 Å². The van der Waals surface area contributed by atoms with Gasteiger partial charge in [0.15, 0.2) is 0 Å². The lowest BCUT2D eigenvalue weighted by molar-refractivity contribution is -0.141. The largest absolute Gasteiger partial charge is 0.481 e. The fourth-order valence-corrected chi connectivity index (χ4v) is 4.90. The molecule has 0 radical (unpaired) electrons. The Morgan fingerprint density at radius 3 is 2.27 bits per heavy atom. The SMILES string of the molecule is CC(CCC(=O)NC1CCC(C(=O)O)C1)NC(=O)OCC1c2ccccc2-c2ccccc21. The monoisotopic (exact) mass is 450 g/mol. The number of benzene rings is 2. The number of carbonyl (C=O) groups excluding carboxylic acids is 2. The summed E-state index contributed by atoms with van der Waals surface area (Å²) in [4.78, 5) is 35.6. The molecule has 2 aromatic carbocycles. The smallest absolute Gasteiger partial charge is 0.407 e. The van der Waals surface area contributed by atoms with Gasteiger partial charge in [-0.25, -0.2) is 4.79 Å². The molecule has 174 valence electrons. The van der Waals surface area contributed by atoms with E-state index < -0.39 is 12.1 Å². The van der Waals surface area contributed by atoms with Crippen molar-refractivity contribution in [2.75, 3.05) is 6.61 Å². The lowest BCUT2D eigenvalue weighted by atomic mass is 9.98. The van der Waals surface area contributed by atoms with E-state index in [2.05, 4.69) is 34.9 Å². The minimum Gasteiger partial charge on any atom is -0.481 e. The molecule has 0 heterocycles. The second kappa shape index (κ2) is 10.1. The minimum atomic E-state index is -0.798. The molecule has 2 aromatic rings. The maximum absolute atomic E-state index is 12.4. The summed E-state index contributed by atoms with van der Waals surface area (Å²) in [5.74, 6) is -1.28. The van der Waals surface area contributed by atoms with E-state index in [4.69, 9.17) is 9.84 Å². The van der Waals surface area contributed by atoms with Gasteiger partial charge in [-0.2, -0.15) is 0 Å². The zero-order chi connectivity index (χ0) is 23.4. The first-order chi connectivity index (χ1) is 15.9. The van der Waals surface area contributed by atoms with E-state index in [1.165, 1.54) is 11.1 Å². The second-order valence-corrected chi connectivity index (χ2v) is 9.02. The molecule has 0 bridgehead atoms. The van der Waals surface area contributed by atoms with Crippen molar-refractivity contribution >= 4 is 18.0 Å². The first kappa shape index (κ1) is 22.8. The van der Waals surface area contributed by atoms with Crippen LogP contribution in [0.25, 0.3) is 11.1 Å². The predicted octanol–water partition coefficient (Wildman–Crippen LogP) is 4.06. The van der Waals surface area contributed by atoms with Crippen LogP contribution in [0.15, 0.2) is 48.5 Å². The molecule has 33 heavy (non-hydrogen) atoms. The zero-order valence-corrected chi connectivity index (χ0v) is 18.8. The summed E-state index contributed by atoms with van der Waals surface area (Å²) in [5, 5.41) is 14.8.